The zero-order chi connectivity index (χ0) is 14.9. The van der Waals surface area contributed by atoms with Crippen molar-refractivity contribution in [3.8, 4) is 0 Å². The smallest absolute Gasteiger partial charge is 0.233 e. The third-order valence-electron chi connectivity index (χ3n) is 3.27. The number of nitrogens with zero attached hydrogens (tertiary/aromatic N) is 1. The van der Waals surface area contributed by atoms with E-state index >= 15 is 0 Å². The molecular weight excluding hydrogens is 264 g/mol. The van der Waals surface area contributed by atoms with E-state index in [0.29, 0.717) is 26.0 Å². The lowest BCUT2D eigenvalue weighted by Crippen LogP contribution is -2.41. The van der Waals surface area contributed by atoms with Gasteiger partial charge < -0.3 is 5.73 Å². The number of nitrogens with two attached hydrogens (primary N) is 1. The predicted octanol–water partition coefficient (Wildman–Crippen LogP) is 2.15. The lowest BCUT2D eigenvalue weighted by molar-refractivity contribution is -0.191. The van der Waals surface area contributed by atoms with Crippen molar-refractivity contribution >= 4 is 6.41 Å². The summed E-state index contributed by atoms with van der Waals surface area (Å²) in [7, 11) is 0. The van der Waals surface area contributed by atoms with Gasteiger partial charge in [0.1, 0.15) is 6.61 Å². The highest BCUT2D eigenvalue weighted by Crippen LogP contribution is 2.10. The summed E-state index contributed by atoms with van der Waals surface area (Å²) in [6.07, 6.45) is 1.37. The molecule has 0 radical (unpaired) electrons. The molecule has 2 aromatic rings. The first-order valence-corrected chi connectivity index (χ1v) is 6.98. The molecule has 0 bridgehead atoms. The van der Waals surface area contributed by atoms with E-state index in [2.05, 4.69) is 0 Å². The normalized spacial score (nSPS) is 11.9. The van der Waals surface area contributed by atoms with Gasteiger partial charge in [0.15, 0.2) is 0 Å². The Hall–Kier alpha value is -2.17. The monoisotopic (exact) mass is 284 g/mol. The van der Waals surface area contributed by atoms with Crippen LogP contribution in [-0.4, -0.2) is 24.1 Å². The summed E-state index contributed by atoms with van der Waals surface area (Å²) in [5.74, 6) is 0. The van der Waals surface area contributed by atoms with Crippen molar-refractivity contribution in [1.82, 2.24) is 5.06 Å². The second-order valence-electron chi connectivity index (χ2n) is 4.80. The first-order valence-electron chi connectivity index (χ1n) is 6.98. The molecule has 0 spiro atoms. The summed E-state index contributed by atoms with van der Waals surface area (Å²) >= 11 is 0. The van der Waals surface area contributed by atoms with Gasteiger partial charge >= 0.3 is 0 Å². The summed E-state index contributed by atoms with van der Waals surface area (Å²) in [5, 5.41) is 1.32. The minimum Gasteiger partial charge on any atom is -0.328 e. The van der Waals surface area contributed by atoms with Crippen LogP contribution in [-0.2, 0) is 22.7 Å². The maximum Gasteiger partial charge on any atom is 0.233 e. The fourth-order valence-corrected chi connectivity index (χ4v) is 2.11. The zero-order valence-electron chi connectivity index (χ0n) is 11.9. The third kappa shape index (κ3) is 4.70. The van der Waals surface area contributed by atoms with Crippen LogP contribution in [0.1, 0.15) is 11.1 Å². The zero-order valence-corrected chi connectivity index (χ0v) is 11.9. The highest BCUT2D eigenvalue weighted by Gasteiger charge is 2.17. The molecular formula is C17H20N2O2. The lowest BCUT2D eigenvalue weighted by atomic mass is 10.1. The first kappa shape index (κ1) is 15.2. The number of carbonyl (C=O) groups is 1. The van der Waals surface area contributed by atoms with Crippen LogP contribution >= 0.6 is 0 Å². The molecule has 0 fully saturated rings. The maximum absolute atomic E-state index is 11.3. The van der Waals surface area contributed by atoms with Crippen molar-refractivity contribution in [2.75, 3.05) is 6.54 Å². The van der Waals surface area contributed by atoms with Crippen LogP contribution in [0.15, 0.2) is 60.7 Å². The highest BCUT2D eigenvalue weighted by molar-refractivity contribution is 5.46. The largest absolute Gasteiger partial charge is 0.328 e. The number of hydrogen-bond acceptors (Lipinski definition) is 3. The molecule has 1 unspecified atom stereocenters. The highest BCUT2D eigenvalue weighted by atomic mass is 16.7. The van der Waals surface area contributed by atoms with E-state index in [4.69, 9.17) is 10.6 Å². The number of carbonyl (C=O) groups excluding carboxylic acids is 1. The molecule has 0 aliphatic carbocycles. The maximum atomic E-state index is 11.3. The number of benzene rings is 2. The summed E-state index contributed by atoms with van der Waals surface area (Å²) in [6, 6.07) is 19.5. The van der Waals surface area contributed by atoms with Gasteiger partial charge in [0.05, 0.1) is 6.04 Å². The summed E-state index contributed by atoms with van der Waals surface area (Å²) < 4.78 is 0. The van der Waals surface area contributed by atoms with Crippen molar-refractivity contribution in [2.24, 2.45) is 5.73 Å². The molecule has 0 aliphatic rings. The van der Waals surface area contributed by atoms with Gasteiger partial charge in [-0.05, 0) is 17.5 Å². The van der Waals surface area contributed by atoms with Gasteiger partial charge in [-0.15, -0.1) is 0 Å². The second kappa shape index (κ2) is 8.19. The van der Waals surface area contributed by atoms with Crippen LogP contribution in [0.3, 0.4) is 0 Å². The predicted molar refractivity (Wildman–Crippen MR) is 82.1 cm³/mol. The van der Waals surface area contributed by atoms with Crippen LogP contribution < -0.4 is 5.73 Å². The molecule has 0 heterocycles. The molecule has 4 nitrogen and oxygen atoms in total. The van der Waals surface area contributed by atoms with Crippen molar-refractivity contribution < 1.29 is 9.63 Å². The van der Waals surface area contributed by atoms with Crippen LogP contribution in [0.2, 0.25) is 0 Å². The van der Waals surface area contributed by atoms with Gasteiger partial charge in [0.2, 0.25) is 6.41 Å². The molecule has 1 atom stereocenters. The first-order chi connectivity index (χ1) is 10.3. The number of amides is 1. The standard InChI is InChI=1S/C17H20N2O2/c18-12-17(11-15-7-3-1-4-8-15)19(14-20)21-13-16-9-5-2-6-10-16/h1-10,14,17H,11-13,18H2. The molecule has 21 heavy (non-hydrogen) atoms. The SMILES string of the molecule is NCC(Cc1ccccc1)N(C=O)OCc1ccccc1. The quantitative estimate of drug-likeness (QED) is 0.597. The Morgan fingerprint density at radius 1 is 1.00 bits per heavy atom. The summed E-state index contributed by atoms with van der Waals surface area (Å²) in [5.41, 5.74) is 7.93. The molecule has 2 rings (SSSR count). The third-order valence-corrected chi connectivity index (χ3v) is 3.27. The molecule has 0 aromatic heterocycles. The van der Waals surface area contributed by atoms with Crippen LogP contribution in [0.25, 0.3) is 0 Å². The minimum atomic E-state index is -0.173. The van der Waals surface area contributed by atoms with Gasteiger partial charge in [-0.3, -0.25) is 9.63 Å². The average molecular weight is 284 g/mol. The van der Waals surface area contributed by atoms with E-state index in [1.807, 2.05) is 60.7 Å². The molecule has 110 valence electrons. The van der Waals surface area contributed by atoms with Crippen molar-refractivity contribution in [3.63, 3.8) is 0 Å². The van der Waals surface area contributed by atoms with Crippen molar-refractivity contribution in [2.45, 2.75) is 19.1 Å². The van der Waals surface area contributed by atoms with Crippen LogP contribution in [0.4, 0.5) is 0 Å². The average Bonchev–Trinajstić information content (AvgIpc) is 2.56. The fourth-order valence-electron chi connectivity index (χ4n) is 2.11. The molecule has 0 saturated heterocycles. The number of hydrogen-bond donors (Lipinski definition) is 1. The molecule has 1 amide bonds. The molecule has 0 saturated carbocycles. The van der Waals surface area contributed by atoms with E-state index in [0.717, 1.165) is 11.1 Å². The topological polar surface area (TPSA) is 55.6 Å². The van der Waals surface area contributed by atoms with E-state index in [1.54, 1.807) is 0 Å². The Bertz CT molecular complexity index is 531. The van der Waals surface area contributed by atoms with Gasteiger partial charge in [-0.2, -0.15) is 0 Å². The van der Waals surface area contributed by atoms with E-state index in [9.17, 15) is 4.79 Å². The van der Waals surface area contributed by atoms with Gasteiger partial charge in [0, 0.05) is 6.54 Å². The molecule has 2 aromatic carbocycles. The molecule has 2 N–H and O–H groups in total. The minimum absolute atomic E-state index is 0.173. The van der Waals surface area contributed by atoms with E-state index < -0.39 is 0 Å². The Balaban J connectivity index is 1.95. The van der Waals surface area contributed by atoms with Crippen LogP contribution in [0, 0.1) is 0 Å². The fraction of sp³-hybridized carbons (Fsp3) is 0.235. The van der Waals surface area contributed by atoms with Gasteiger partial charge in [0.25, 0.3) is 0 Å². The molecule has 0 aliphatic heterocycles. The summed E-state index contributed by atoms with van der Waals surface area (Å²) in [6.45, 7) is 0.702. The second-order valence-corrected chi connectivity index (χ2v) is 4.80. The van der Waals surface area contributed by atoms with Crippen molar-refractivity contribution in [3.05, 3.63) is 71.8 Å². The summed E-state index contributed by atoms with van der Waals surface area (Å²) in [4.78, 5) is 16.9. The number of hydroxylamine groups is 2. The lowest BCUT2D eigenvalue weighted by Gasteiger charge is -2.26. The van der Waals surface area contributed by atoms with Crippen molar-refractivity contribution in [1.29, 1.82) is 0 Å². The Kier molecular flexibility index (Phi) is 5.94. The Morgan fingerprint density at radius 2 is 1.57 bits per heavy atom. The van der Waals surface area contributed by atoms with Gasteiger partial charge in [-0.1, -0.05) is 60.7 Å². The van der Waals surface area contributed by atoms with E-state index in [1.165, 1.54) is 5.06 Å². The Morgan fingerprint density at radius 3 is 2.10 bits per heavy atom. The molecule has 4 heteroatoms. The Labute approximate surface area is 125 Å². The van der Waals surface area contributed by atoms with E-state index in [-0.39, 0.29) is 6.04 Å². The van der Waals surface area contributed by atoms with Crippen LogP contribution in [0.5, 0.6) is 0 Å². The number of rotatable bonds is 8. The van der Waals surface area contributed by atoms with Gasteiger partial charge in [-0.25, -0.2) is 5.06 Å².